The van der Waals surface area contributed by atoms with E-state index in [2.05, 4.69) is 10.2 Å². The molecule has 1 atom stereocenters. The average Bonchev–Trinajstić information content (AvgIpc) is 2.52. The summed E-state index contributed by atoms with van der Waals surface area (Å²) in [4.78, 5) is 10.4. The first kappa shape index (κ1) is 10.0. The van der Waals surface area contributed by atoms with Crippen molar-refractivity contribution in [2.75, 3.05) is 6.26 Å². The van der Waals surface area contributed by atoms with Crippen LogP contribution in [0.4, 0.5) is 0 Å². The molecule has 1 rings (SSSR count). The molecule has 0 aliphatic heterocycles. The van der Waals surface area contributed by atoms with E-state index in [-0.39, 0.29) is 12.3 Å². The predicted molar refractivity (Wildman–Crippen MR) is 45.4 cm³/mol. The van der Waals surface area contributed by atoms with Crippen LogP contribution in [-0.2, 0) is 11.2 Å². The van der Waals surface area contributed by atoms with Gasteiger partial charge in [-0.3, -0.25) is 4.79 Å². The molecular weight excluding hydrogens is 194 g/mol. The Hall–Kier alpha value is -1.08. The minimum absolute atomic E-state index is 0.0584. The van der Waals surface area contributed by atoms with Crippen LogP contribution in [0.1, 0.15) is 5.89 Å². The zero-order valence-corrected chi connectivity index (χ0v) is 7.74. The maximum absolute atomic E-state index is 10.4. The molecule has 0 amide bonds. The van der Waals surface area contributed by atoms with Crippen molar-refractivity contribution in [1.82, 2.24) is 10.2 Å². The van der Waals surface area contributed by atoms with Gasteiger partial charge in [-0.25, -0.2) is 0 Å². The molecule has 3 N–H and O–H groups in total. The minimum Gasteiger partial charge on any atom is -0.480 e. The number of carboxylic acids is 1. The van der Waals surface area contributed by atoms with Crippen molar-refractivity contribution < 1.29 is 14.3 Å². The van der Waals surface area contributed by atoms with Crippen LogP contribution >= 0.6 is 11.8 Å². The fourth-order valence-electron chi connectivity index (χ4n) is 0.679. The van der Waals surface area contributed by atoms with E-state index >= 15 is 0 Å². The van der Waals surface area contributed by atoms with Crippen molar-refractivity contribution in [3.05, 3.63) is 5.89 Å². The number of nitrogens with zero attached hydrogens (tertiary/aromatic N) is 2. The van der Waals surface area contributed by atoms with E-state index in [0.29, 0.717) is 5.22 Å². The molecule has 0 spiro atoms. The molecule has 0 bridgehead atoms. The third-order valence-corrected chi connectivity index (χ3v) is 1.85. The van der Waals surface area contributed by atoms with Crippen LogP contribution < -0.4 is 5.73 Å². The van der Waals surface area contributed by atoms with Gasteiger partial charge in [0.05, 0.1) is 6.42 Å². The lowest BCUT2D eigenvalue weighted by Gasteiger charge is -2.00. The Balaban J connectivity index is 2.58. The monoisotopic (exact) mass is 203 g/mol. The second-order valence-electron chi connectivity index (χ2n) is 2.31. The standard InChI is InChI=1S/C6H9N3O3S/c1-13-6-9-8-4(12-6)2-3(7)5(10)11/h3H,2,7H2,1H3,(H,10,11). The molecule has 6 nitrogen and oxygen atoms in total. The Morgan fingerprint density at radius 1 is 1.77 bits per heavy atom. The Morgan fingerprint density at radius 2 is 2.46 bits per heavy atom. The van der Waals surface area contributed by atoms with Crippen molar-refractivity contribution in [3.8, 4) is 0 Å². The smallest absolute Gasteiger partial charge is 0.321 e. The molecule has 1 aromatic rings. The molecule has 0 fully saturated rings. The molecule has 1 unspecified atom stereocenters. The quantitative estimate of drug-likeness (QED) is 0.650. The molecule has 0 aliphatic rings. The fraction of sp³-hybridized carbons (Fsp3) is 0.500. The number of aromatic nitrogens is 2. The highest BCUT2D eigenvalue weighted by molar-refractivity contribution is 7.98. The summed E-state index contributed by atoms with van der Waals surface area (Å²) < 4.78 is 5.05. The largest absolute Gasteiger partial charge is 0.480 e. The van der Waals surface area contributed by atoms with Gasteiger partial charge in [-0.1, -0.05) is 11.8 Å². The number of aliphatic carboxylic acids is 1. The van der Waals surface area contributed by atoms with Crippen LogP contribution in [0, 0.1) is 0 Å². The summed E-state index contributed by atoms with van der Waals surface area (Å²) >= 11 is 1.30. The predicted octanol–water partition coefficient (Wildman–Crippen LogP) is -0.254. The zero-order valence-electron chi connectivity index (χ0n) is 6.93. The Kier molecular flexibility index (Phi) is 3.26. The van der Waals surface area contributed by atoms with Crippen molar-refractivity contribution in [1.29, 1.82) is 0 Å². The summed E-state index contributed by atoms with van der Waals surface area (Å²) in [5.41, 5.74) is 5.27. The van der Waals surface area contributed by atoms with E-state index in [1.165, 1.54) is 11.8 Å². The van der Waals surface area contributed by atoms with Gasteiger partial charge in [0.25, 0.3) is 5.22 Å². The average molecular weight is 203 g/mol. The first-order valence-electron chi connectivity index (χ1n) is 3.48. The minimum atomic E-state index is -1.08. The van der Waals surface area contributed by atoms with Gasteiger partial charge in [0.2, 0.25) is 5.89 Å². The van der Waals surface area contributed by atoms with E-state index in [4.69, 9.17) is 15.3 Å². The van der Waals surface area contributed by atoms with Gasteiger partial charge in [0, 0.05) is 0 Å². The lowest BCUT2D eigenvalue weighted by atomic mass is 10.2. The first-order valence-corrected chi connectivity index (χ1v) is 4.70. The van der Waals surface area contributed by atoms with Crippen LogP contribution in [0.2, 0.25) is 0 Å². The summed E-state index contributed by atoms with van der Waals surface area (Å²) in [6.45, 7) is 0. The fourth-order valence-corrected chi connectivity index (χ4v) is 0.981. The molecule has 0 aromatic carbocycles. The van der Waals surface area contributed by atoms with Gasteiger partial charge in [0.15, 0.2) is 0 Å². The van der Waals surface area contributed by atoms with Crippen LogP contribution in [0.25, 0.3) is 0 Å². The topological polar surface area (TPSA) is 102 Å². The van der Waals surface area contributed by atoms with Gasteiger partial charge in [0.1, 0.15) is 6.04 Å². The summed E-state index contributed by atoms with van der Waals surface area (Å²) in [5.74, 6) is -0.830. The second-order valence-corrected chi connectivity index (χ2v) is 3.07. The van der Waals surface area contributed by atoms with Crippen LogP contribution in [0.5, 0.6) is 0 Å². The number of rotatable bonds is 4. The van der Waals surface area contributed by atoms with E-state index in [1.54, 1.807) is 6.26 Å². The van der Waals surface area contributed by atoms with Crippen molar-refractivity contribution >= 4 is 17.7 Å². The molecular formula is C6H9N3O3S. The molecule has 72 valence electrons. The zero-order chi connectivity index (χ0) is 9.84. The number of nitrogens with two attached hydrogens (primary N) is 1. The summed E-state index contributed by atoms with van der Waals surface area (Å²) in [6.07, 6.45) is 1.84. The van der Waals surface area contributed by atoms with Crippen molar-refractivity contribution in [3.63, 3.8) is 0 Å². The maximum Gasteiger partial charge on any atom is 0.321 e. The van der Waals surface area contributed by atoms with Gasteiger partial charge < -0.3 is 15.3 Å². The Morgan fingerprint density at radius 3 is 2.92 bits per heavy atom. The molecule has 0 radical (unpaired) electrons. The molecule has 1 aromatic heterocycles. The molecule has 1 heterocycles. The van der Waals surface area contributed by atoms with Crippen LogP contribution in [0.15, 0.2) is 9.64 Å². The van der Waals surface area contributed by atoms with Crippen LogP contribution in [-0.4, -0.2) is 33.6 Å². The molecule has 13 heavy (non-hydrogen) atoms. The molecule has 0 saturated carbocycles. The number of carbonyl (C=O) groups is 1. The summed E-state index contributed by atoms with van der Waals surface area (Å²) in [6, 6.07) is -0.991. The number of hydrogen-bond acceptors (Lipinski definition) is 6. The second kappa shape index (κ2) is 4.24. The maximum atomic E-state index is 10.4. The molecule has 7 heteroatoms. The number of hydrogen-bond donors (Lipinski definition) is 2. The van der Waals surface area contributed by atoms with Gasteiger partial charge >= 0.3 is 5.97 Å². The Labute approximate surface area is 78.5 Å². The van der Waals surface area contributed by atoms with Gasteiger partial charge in [-0.05, 0) is 6.26 Å². The lowest BCUT2D eigenvalue weighted by molar-refractivity contribution is -0.138. The number of carboxylic acid groups (broad SMARTS) is 1. The highest BCUT2D eigenvalue weighted by Gasteiger charge is 2.16. The van der Waals surface area contributed by atoms with Crippen molar-refractivity contribution in [2.24, 2.45) is 5.73 Å². The molecule has 0 saturated heterocycles. The first-order chi connectivity index (χ1) is 6.13. The highest BCUT2D eigenvalue weighted by Crippen LogP contribution is 2.12. The van der Waals surface area contributed by atoms with E-state index in [1.807, 2.05) is 0 Å². The van der Waals surface area contributed by atoms with Crippen LogP contribution in [0.3, 0.4) is 0 Å². The van der Waals surface area contributed by atoms with E-state index < -0.39 is 12.0 Å². The van der Waals surface area contributed by atoms with Gasteiger partial charge in [-0.15, -0.1) is 10.2 Å². The third-order valence-electron chi connectivity index (χ3n) is 1.33. The number of thioether (sulfide) groups is 1. The van der Waals surface area contributed by atoms with Crippen molar-refractivity contribution in [2.45, 2.75) is 17.7 Å². The SMILES string of the molecule is CSc1nnc(CC(N)C(=O)O)o1. The third kappa shape index (κ3) is 2.71. The molecule has 0 aliphatic carbocycles. The summed E-state index contributed by atoms with van der Waals surface area (Å²) in [7, 11) is 0. The normalized spacial score (nSPS) is 12.8. The highest BCUT2D eigenvalue weighted by atomic mass is 32.2. The lowest BCUT2D eigenvalue weighted by Crippen LogP contribution is -2.32. The summed E-state index contributed by atoms with van der Waals surface area (Å²) in [5, 5.41) is 16.2. The van der Waals surface area contributed by atoms with Gasteiger partial charge in [-0.2, -0.15) is 0 Å². The van der Waals surface area contributed by atoms with E-state index in [0.717, 1.165) is 0 Å². The van der Waals surface area contributed by atoms with E-state index in [9.17, 15) is 4.79 Å². The Bertz CT molecular complexity index is 301.